The van der Waals surface area contributed by atoms with Crippen LogP contribution < -0.4 is 0 Å². The Bertz CT molecular complexity index is 19.7. The third kappa shape index (κ3) is 38.9. The van der Waals surface area contributed by atoms with Crippen LogP contribution >= 0.6 is 0 Å². The van der Waals surface area contributed by atoms with E-state index >= 15 is 0 Å². The van der Waals surface area contributed by atoms with Crippen LogP contribution in [0.4, 0.5) is 0 Å². The van der Waals surface area contributed by atoms with Crippen molar-refractivity contribution in [2.45, 2.75) is 4.63 Å². The average molecular weight is 398 g/mol. The van der Waals surface area contributed by atoms with Crippen LogP contribution in [0.5, 0.6) is 0 Å². The molecule has 0 spiro atoms. The molecule has 0 aromatic carbocycles. The fourth-order valence-corrected chi connectivity index (χ4v) is 0. The average Bonchev–Trinajstić information content (AvgIpc) is 0.918. The zero-order chi connectivity index (χ0) is 2.71. The Morgan fingerprint density at radius 2 is 1.43 bits per heavy atom. The first-order valence-electron chi connectivity index (χ1n) is 0.704. The van der Waals surface area contributed by atoms with E-state index in [2.05, 4.69) is 20.2 Å². The SMILES string of the molecule is [CH3][Zr][Mo].[Fe].[MgH2].[Ti].[Zn]. The molecular formula is CH5FeMgMoTiZnZr. The van der Waals surface area contributed by atoms with Crippen LogP contribution in [-0.4, -0.2) is 23.1 Å². The molecule has 0 nitrogen and oxygen atoms in total. The number of hydrogen-bond acceptors (Lipinski definition) is 0. The first-order chi connectivity index (χ1) is 1.41. The molecule has 0 amide bonds. The van der Waals surface area contributed by atoms with Crippen LogP contribution in [0.2, 0.25) is 4.63 Å². The Kier molecular flexibility index (Phi) is 138. The topological polar surface area (TPSA) is 0 Å². The quantitative estimate of drug-likeness (QED) is 0.491. The van der Waals surface area contributed by atoms with Gasteiger partial charge in [-0.25, -0.2) is 0 Å². The molecule has 0 aromatic rings. The zero-order valence-electron chi connectivity index (χ0n) is 3.47. The van der Waals surface area contributed by atoms with E-state index in [-0.39, 0.29) is 101 Å². The van der Waals surface area contributed by atoms with Crippen LogP contribution in [0.3, 0.4) is 0 Å². The largest absolute Gasteiger partial charge is 0.316 e. The minimum atomic E-state index is 0. The summed E-state index contributed by atoms with van der Waals surface area (Å²) in [5.74, 6) is 0. The smallest absolute Gasteiger partial charge is 0 e. The van der Waals surface area contributed by atoms with E-state index in [0.717, 1.165) is 0 Å². The van der Waals surface area contributed by atoms with E-state index in [1.165, 1.54) is 0 Å². The Hall–Kier alpha value is 4.19. The van der Waals surface area contributed by atoms with Gasteiger partial charge in [-0.05, 0) is 0 Å². The molecular weight excluding hydrogens is 393 g/mol. The summed E-state index contributed by atoms with van der Waals surface area (Å²) in [6.45, 7) is 0. The molecule has 0 aliphatic heterocycles. The molecule has 0 aliphatic rings. The summed E-state index contributed by atoms with van der Waals surface area (Å²) in [7, 11) is 0. The van der Waals surface area contributed by atoms with E-state index in [0.29, 0.717) is 0 Å². The molecule has 0 saturated heterocycles. The summed E-state index contributed by atoms with van der Waals surface area (Å²) >= 11 is 2.48. The summed E-state index contributed by atoms with van der Waals surface area (Å²) in [6, 6.07) is 0. The predicted octanol–water partition coefficient (Wildman–Crippen LogP) is -0.345. The second-order valence-electron chi connectivity index (χ2n) is 0.204. The number of rotatable bonds is 0. The molecule has 0 aromatic heterocycles. The van der Waals surface area contributed by atoms with Crippen molar-refractivity contribution in [2.75, 3.05) is 0 Å². The summed E-state index contributed by atoms with van der Waals surface area (Å²) in [6.07, 6.45) is 0. The minimum absolute atomic E-state index is 0. The van der Waals surface area contributed by atoms with Crippen molar-refractivity contribution in [3.8, 4) is 0 Å². The van der Waals surface area contributed by atoms with Crippen LogP contribution in [0.25, 0.3) is 0 Å². The standard InChI is InChI=1S/CH3.Fe.Mg.Mo.Ti.Zn.Zr.2H/h1H3;;;;;;;;. The molecule has 0 fully saturated rings. The van der Waals surface area contributed by atoms with Gasteiger partial charge in [0, 0.05) is 58.3 Å². The molecule has 35 valence electrons. The first kappa shape index (κ1) is 30.3. The number of hydrogen-bond donors (Lipinski definition) is 0. The van der Waals surface area contributed by atoms with Crippen LogP contribution in [0.15, 0.2) is 0 Å². The Morgan fingerprint density at radius 3 is 1.43 bits per heavy atom. The maximum atomic E-state index is 2.30. The van der Waals surface area contributed by atoms with Gasteiger partial charge in [0.15, 0.2) is 0 Å². The van der Waals surface area contributed by atoms with Gasteiger partial charge in [0.25, 0.3) is 0 Å². The molecule has 0 bridgehead atoms. The van der Waals surface area contributed by atoms with Gasteiger partial charge < -0.3 is 0 Å². The molecule has 0 aliphatic carbocycles. The molecule has 0 saturated carbocycles. The van der Waals surface area contributed by atoms with Crippen molar-refractivity contribution in [3.05, 3.63) is 0 Å². The van der Waals surface area contributed by atoms with Gasteiger partial charge in [-0.3, -0.25) is 0 Å². The summed E-state index contributed by atoms with van der Waals surface area (Å²) in [4.78, 5) is 0. The summed E-state index contributed by atoms with van der Waals surface area (Å²) < 4.78 is 2.30. The summed E-state index contributed by atoms with van der Waals surface area (Å²) in [5, 5.41) is 0. The van der Waals surface area contributed by atoms with Crippen molar-refractivity contribution < 1.29 is 93.7 Å². The monoisotopic (exact) mass is 397 g/mol. The van der Waals surface area contributed by atoms with Gasteiger partial charge in [-0.15, -0.1) is 0 Å². The van der Waals surface area contributed by atoms with E-state index < -0.39 is 0 Å². The fourth-order valence-electron chi connectivity index (χ4n) is 0. The minimum Gasteiger partial charge on any atom is 0 e. The maximum Gasteiger partial charge on any atom is 0.316 e. The summed E-state index contributed by atoms with van der Waals surface area (Å²) in [5.41, 5.74) is 0. The van der Waals surface area contributed by atoms with Gasteiger partial charge in [0.1, 0.15) is 0 Å². The fraction of sp³-hybridized carbons (Fsp3) is 1.00. The van der Waals surface area contributed by atoms with Crippen LogP contribution in [0, 0.1) is 0 Å². The van der Waals surface area contributed by atoms with E-state index in [1.54, 1.807) is 0 Å². The molecule has 0 rings (SSSR count). The molecule has 0 unspecified atom stereocenters. The van der Waals surface area contributed by atoms with Crippen molar-refractivity contribution in [1.82, 2.24) is 0 Å². The van der Waals surface area contributed by atoms with E-state index in [4.69, 9.17) is 0 Å². The van der Waals surface area contributed by atoms with Crippen LogP contribution in [-0.2, 0) is 93.7 Å². The zero-order valence-corrected chi connectivity index (χ0v) is 13.6. The second kappa shape index (κ2) is 31.9. The van der Waals surface area contributed by atoms with Gasteiger partial charge in [-0.1, -0.05) is 0 Å². The molecule has 0 atom stereocenters. The third-order valence-corrected chi connectivity index (χ3v) is 0. The Balaban J connectivity index is -0.00000000333. The Morgan fingerprint density at radius 1 is 1.43 bits per heavy atom. The third-order valence-electron chi connectivity index (χ3n) is 0. The normalized spacial score (nSPS) is 1.86. The molecule has 6 heteroatoms. The molecule has 0 heterocycles. The van der Waals surface area contributed by atoms with Crippen molar-refractivity contribution >= 4 is 23.1 Å². The second-order valence-corrected chi connectivity index (χ2v) is 7.14. The van der Waals surface area contributed by atoms with Gasteiger partial charge >= 0.3 is 63.1 Å². The van der Waals surface area contributed by atoms with Crippen molar-refractivity contribution in [3.63, 3.8) is 0 Å². The molecule has 0 N–H and O–H groups in total. The Labute approximate surface area is 118 Å². The van der Waals surface area contributed by atoms with Gasteiger partial charge in [0.05, 0.1) is 0 Å². The maximum absolute atomic E-state index is 2.30. The predicted molar refractivity (Wildman–Crippen MR) is 14.4 cm³/mol. The van der Waals surface area contributed by atoms with Crippen LogP contribution in [0.1, 0.15) is 0 Å². The van der Waals surface area contributed by atoms with Gasteiger partial charge in [-0.2, -0.15) is 0 Å². The first-order valence-corrected chi connectivity index (χ1v) is 10.1. The van der Waals surface area contributed by atoms with Gasteiger partial charge in [0.2, 0.25) is 0 Å². The van der Waals surface area contributed by atoms with Crippen molar-refractivity contribution in [1.29, 1.82) is 0 Å². The van der Waals surface area contributed by atoms with E-state index in [9.17, 15) is 0 Å². The van der Waals surface area contributed by atoms with Crippen molar-refractivity contribution in [2.24, 2.45) is 0 Å². The molecule has 7 heavy (non-hydrogen) atoms. The molecule has 0 radical (unpaired) electrons. The van der Waals surface area contributed by atoms with E-state index in [1.807, 2.05) is 0 Å².